The van der Waals surface area contributed by atoms with Crippen molar-refractivity contribution in [3.8, 4) is 0 Å². The van der Waals surface area contributed by atoms with Gasteiger partial charge < -0.3 is 19.8 Å². The number of benzene rings is 1. The van der Waals surface area contributed by atoms with Gasteiger partial charge in [-0.15, -0.1) is 0 Å². The van der Waals surface area contributed by atoms with Crippen molar-refractivity contribution in [3.63, 3.8) is 0 Å². The lowest BCUT2D eigenvalue weighted by atomic mass is 9.90. The van der Waals surface area contributed by atoms with Gasteiger partial charge in [0.25, 0.3) is 5.91 Å². The van der Waals surface area contributed by atoms with E-state index in [0.717, 1.165) is 31.7 Å². The first-order chi connectivity index (χ1) is 13.4. The van der Waals surface area contributed by atoms with Gasteiger partial charge in [0, 0.05) is 44.9 Å². The molecule has 1 aliphatic carbocycles. The lowest BCUT2D eigenvalue weighted by Gasteiger charge is -2.43. The Labute approximate surface area is 164 Å². The Hall–Kier alpha value is -2.45. The summed E-state index contributed by atoms with van der Waals surface area (Å²) in [4.78, 5) is 35.2. The van der Waals surface area contributed by atoms with Crippen LogP contribution in [0.5, 0.6) is 0 Å². The zero-order chi connectivity index (χ0) is 20.5. The van der Waals surface area contributed by atoms with Gasteiger partial charge in [0.1, 0.15) is 0 Å². The Morgan fingerprint density at radius 1 is 0.929 bits per heavy atom. The molecule has 1 aromatic carbocycles. The van der Waals surface area contributed by atoms with Crippen molar-refractivity contribution in [2.45, 2.75) is 37.8 Å². The van der Waals surface area contributed by atoms with E-state index in [-0.39, 0.29) is 5.91 Å². The first kappa shape index (κ1) is 21.8. The van der Waals surface area contributed by atoms with Crippen LogP contribution in [0.1, 0.15) is 36.0 Å². The standard InChI is InChI=1S/C18H26N2O2.C2H2O4/c1-22-17-10-6-5-9-16(17)19-11-13-20(14-12-19)18(21)15-7-3-2-4-8-15;3-1(4)2(5)6/h2-4,7-8,16-17H,5-6,9-14H2,1H3;(H,3,4)(H,5,6). The van der Waals surface area contributed by atoms with E-state index in [1.165, 1.54) is 25.7 Å². The van der Waals surface area contributed by atoms with Gasteiger partial charge in [0.2, 0.25) is 0 Å². The Balaban J connectivity index is 0.000000409. The minimum atomic E-state index is -1.82. The molecule has 2 aliphatic rings. The third kappa shape index (κ3) is 6.03. The highest BCUT2D eigenvalue weighted by Crippen LogP contribution is 2.26. The zero-order valence-electron chi connectivity index (χ0n) is 16.1. The molecular weight excluding hydrogens is 364 g/mol. The second-order valence-corrected chi connectivity index (χ2v) is 6.93. The number of carboxylic acids is 2. The van der Waals surface area contributed by atoms with E-state index in [9.17, 15) is 4.79 Å². The van der Waals surface area contributed by atoms with Crippen molar-refractivity contribution in [2.24, 2.45) is 0 Å². The summed E-state index contributed by atoms with van der Waals surface area (Å²) in [5.41, 5.74) is 0.795. The summed E-state index contributed by atoms with van der Waals surface area (Å²) in [7, 11) is 1.83. The van der Waals surface area contributed by atoms with E-state index in [2.05, 4.69) is 4.90 Å². The maximum atomic E-state index is 12.5. The summed E-state index contributed by atoms with van der Waals surface area (Å²) in [5.74, 6) is -3.49. The van der Waals surface area contributed by atoms with Gasteiger partial charge in [-0.25, -0.2) is 9.59 Å². The highest BCUT2D eigenvalue weighted by atomic mass is 16.5. The van der Waals surface area contributed by atoms with Crippen molar-refractivity contribution < 1.29 is 29.3 Å². The molecule has 154 valence electrons. The van der Waals surface area contributed by atoms with E-state index in [4.69, 9.17) is 24.5 Å². The van der Waals surface area contributed by atoms with Gasteiger partial charge in [-0.2, -0.15) is 0 Å². The van der Waals surface area contributed by atoms with E-state index in [0.29, 0.717) is 12.1 Å². The number of methoxy groups -OCH3 is 1. The molecule has 2 N–H and O–H groups in total. The molecule has 28 heavy (non-hydrogen) atoms. The number of nitrogens with zero attached hydrogens (tertiary/aromatic N) is 2. The van der Waals surface area contributed by atoms with Crippen LogP contribution in [0.2, 0.25) is 0 Å². The maximum Gasteiger partial charge on any atom is 0.414 e. The zero-order valence-corrected chi connectivity index (χ0v) is 16.1. The number of hydrogen-bond donors (Lipinski definition) is 2. The van der Waals surface area contributed by atoms with E-state index in [1.54, 1.807) is 0 Å². The van der Waals surface area contributed by atoms with Crippen molar-refractivity contribution in [1.29, 1.82) is 0 Å². The average Bonchev–Trinajstić information content (AvgIpc) is 2.74. The molecular formula is C20H28N2O6. The molecule has 8 nitrogen and oxygen atoms in total. The molecule has 0 aromatic heterocycles. The minimum absolute atomic E-state index is 0.159. The topological polar surface area (TPSA) is 107 Å². The monoisotopic (exact) mass is 392 g/mol. The summed E-state index contributed by atoms with van der Waals surface area (Å²) >= 11 is 0. The molecule has 1 saturated carbocycles. The van der Waals surface area contributed by atoms with Crippen LogP contribution in [0.15, 0.2) is 30.3 Å². The van der Waals surface area contributed by atoms with E-state index in [1.807, 2.05) is 42.3 Å². The molecule has 2 unspecified atom stereocenters. The van der Waals surface area contributed by atoms with Crippen LogP contribution in [0, 0.1) is 0 Å². The molecule has 8 heteroatoms. The van der Waals surface area contributed by atoms with Gasteiger partial charge in [-0.3, -0.25) is 9.69 Å². The van der Waals surface area contributed by atoms with Crippen molar-refractivity contribution in [1.82, 2.24) is 9.80 Å². The van der Waals surface area contributed by atoms with Gasteiger partial charge in [0.05, 0.1) is 6.10 Å². The Bertz CT molecular complexity index is 646. The normalized spacial score (nSPS) is 22.7. The molecule has 1 saturated heterocycles. The molecule has 3 rings (SSSR count). The quantitative estimate of drug-likeness (QED) is 0.752. The summed E-state index contributed by atoms with van der Waals surface area (Å²) in [6, 6.07) is 10.1. The molecule has 2 fully saturated rings. The molecule has 0 bridgehead atoms. The number of carbonyl (C=O) groups is 3. The number of carbonyl (C=O) groups excluding carboxylic acids is 1. The second kappa shape index (κ2) is 10.8. The van der Waals surface area contributed by atoms with Crippen LogP contribution < -0.4 is 0 Å². The van der Waals surface area contributed by atoms with Crippen LogP contribution >= 0.6 is 0 Å². The first-order valence-corrected chi connectivity index (χ1v) is 9.51. The molecule has 1 aromatic rings. The fraction of sp³-hybridized carbons (Fsp3) is 0.550. The highest BCUT2D eigenvalue weighted by molar-refractivity contribution is 6.27. The van der Waals surface area contributed by atoms with Gasteiger partial charge in [-0.1, -0.05) is 31.0 Å². The minimum Gasteiger partial charge on any atom is -0.473 e. The smallest absolute Gasteiger partial charge is 0.414 e. The van der Waals surface area contributed by atoms with Crippen LogP contribution in [0.25, 0.3) is 0 Å². The molecule has 0 spiro atoms. The number of aliphatic carboxylic acids is 2. The summed E-state index contributed by atoms with van der Waals surface area (Å²) < 4.78 is 5.68. The summed E-state index contributed by atoms with van der Waals surface area (Å²) in [6.45, 7) is 3.56. The van der Waals surface area contributed by atoms with Crippen molar-refractivity contribution in [2.75, 3.05) is 33.3 Å². The average molecular weight is 392 g/mol. The predicted octanol–water partition coefficient (Wildman–Crippen LogP) is 1.56. The number of rotatable bonds is 3. The van der Waals surface area contributed by atoms with Crippen molar-refractivity contribution >= 4 is 17.8 Å². The Morgan fingerprint density at radius 3 is 2.04 bits per heavy atom. The molecule has 1 amide bonds. The van der Waals surface area contributed by atoms with Gasteiger partial charge in [-0.05, 0) is 25.0 Å². The molecule has 2 atom stereocenters. The number of piperazine rings is 1. The Morgan fingerprint density at radius 2 is 1.50 bits per heavy atom. The molecule has 1 aliphatic heterocycles. The summed E-state index contributed by atoms with van der Waals surface area (Å²) in [6.07, 6.45) is 5.34. The van der Waals surface area contributed by atoms with Crippen LogP contribution in [-0.2, 0) is 14.3 Å². The number of hydrogen-bond acceptors (Lipinski definition) is 5. The van der Waals surface area contributed by atoms with Gasteiger partial charge in [0.15, 0.2) is 0 Å². The highest BCUT2D eigenvalue weighted by Gasteiger charge is 2.33. The largest absolute Gasteiger partial charge is 0.473 e. The van der Waals surface area contributed by atoms with Crippen molar-refractivity contribution in [3.05, 3.63) is 35.9 Å². The van der Waals surface area contributed by atoms with E-state index >= 15 is 0 Å². The second-order valence-electron chi connectivity index (χ2n) is 6.93. The maximum absolute atomic E-state index is 12.5. The van der Waals surface area contributed by atoms with Crippen LogP contribution in [0.3, 0.4) is 0 Å². The molecule has 1 heterocycles. The van der Waals surface area contributed by atoms with Gasteiger partial charge >= 0.3 is 11.9 Å². The lowest BCUT2D eigenvalue weighted by molar-refractivity contribution is -0.159. The number of ether oxygens (including phenoxy) is 1. The van der Waals surface area contributed by atoms with Crippen LogP contribution in [-0.4, -0.2) is 83.3 Å². The number of carboxylic acid groups (broad SMARTS) is 2. The lowest BCUT2D eigenvalue weighted by Crippen LogP contribution is -2.55. The summed E-state index contributed by atoms with van der Waals surface area (Å²) in [5, 5.41) is 14.8. The fourth-order valence-corrected chi connectivity index (χ4v) is 3.79. The number of amides is 1. The Kier molecular flexibility index (Phi) is 8.41. The van der Waals surface area contributed by atoms with Crippen LogP contribution in [0.4, 0.5) is 0 Å². The third-order valence-corrected chi connectivity index (χ3v) is 5.24. The first-order valence-electron chi connectivity index (χ1n) is 9.51. The third-order valence-electron chi connectivity index (χ3n) is 5.24. The predicted molar refractivity (Wildman–Crippen MR) is 102 cm³/mol. The SMILES string of the molecule is COC1CCCCC1N1CCN(C(=O)c2ccccc2)CC1.O=C(O)C(=O)O. The fourth-order valence-electron chi connectivity index (χ4n) is 3.79. The molecule has 0 radical (unpaired) electrons. The van der Waals surface area contributed by atoms with E-state index < -0.39 is 11.9 Å².